The highest BCUT2D eigenvalue weighted by Crippen LogP contribution is 2.18. The molecule has 1 saturated heterocycles. The lowest BCUT2D eigenvalue weighted by molar-refractivity contribution is -0.123. The fraction of sp³-hybridized carbons (Fsp3) is 0.833. The summed E-state index contributed by atoms with van der Waals surface area (Å²) in [4.78, 5) is 11.0. The molecule has 1 N–H and O–H groups in total. The molecule has 1 aliphatic rings. The topological polar surface area (TPSA) is 32.3 Å². The summed E-state index contributed by atoms with van der Waals surface area (Å²) in [5.41, 5.74) is 0. The lowest BCUT2D eigenvalue weighted by Crippen LogP contribution is -2.37. The zero-order valence-corrected chi connectivity index (χ0v) is 6.69. The minimum Gasteiger partial charge on any atom is -0.358 e. The molecule has 0 aromatic heterocycles. The van der Waals surface area contributed by atoms with Crippen LogP contribution in [0.25, 0.3) is 0 Å². The summed E-state index contributed by atoms with van der Waals surface area (Å²) in [5, 5.41) is 2.57. The van der Waals surface area contributed by atoms with Crippen molar-refractivity contribution in [1.82, 2.24) is 9.74 Å². The molecule has 1 heterocycles. The van der Waals surface area contributed by atoms with E-state index in [0.29, 0.717) is 0 Å². The third-order valence-electron chi connectivity index (χ3n) is 1.74. The summed E-state index contributed by atoms with van der Waals surface area (Å²) in [7, 11) is 1.63. The Bertz CT molecular complexity index is 140. The Kier molecular flexibility index (Phi) is 2.51. The molecule has 0 aromatic carbocycles. The molecule has 1 fully saturated rings. The van der Waals surface area contributed by atoms with Gasteiger partial charge in [-0.05, 0) is 24.6 Å². The second-order valence-electron chi connectivity index (χ2n) is 2.40. The number of carbonyl (C=O) groups is 1. The minimum atomic E-state index is -0.105. The Morgan fingerprint density at radius 2 is 2.50 bits per heavy atom. The van der Waals surface area contributed by atoms with Crippen LogP contribution in [0.4, 0.5) is 0 Å². The van der Waals surface area contributed by atoms with E-state index in [4.69, 9.17) is 11.8 Å². The van der Waals surface area contributed by atoms with Crippen LogP contribution >= 0.6 is 11.8 Å². The summed E-state index contributed by atoms with van der Waals surface area (Å²) >= 11 is 5.72. The first-order valence-electron chi connectivity index (χ1n) is 3.39. The third kappa shape index (κ3) is 1.41. The van der Waals surface area contributed by atoms with Crippen LogP contribution in [0.1, 0.15) is 12.8 Å². The van der Waals surface area contributed by atoms with Gasteiger partial charge in [0.1, 0.15) is 6.04 Å². The van der Waals surface area contributed by atoms with Gasteiger partial charge in [0.25, 0.3) is 0 Å². The molecule has 0 saturated carbocycles. The van der Waals surface area contributed by atoms with Gasteiger partial charge in [0.15, 0.2) is 0 Å². The van der Waals surface area contributed by atoms with Crippen LogP contribution in [0.5, 0.6) is 0 Å². The fourth-order valence-corrected chi connectivity index (χ4v) is 1.46. The first-order chi connectivity index (χ1) is 4.75. The predicted molar refractivity (Wildman–Crippen MR) is 39.6 cm³/mol. The molecule has 0 bridgehead atoms. The first kappa shape index (κ1) is 7.82. The van der Waals surface area contributed by atoms with Crippen molar-refractivity contribution in [2.75, 3.05) is 13.6 Å². The van der Waals surface area contributed by atoms with E-state index in [1.165, 1.54) is 0 Å². The number of amides is 1. The Balaban J connectivity index is 2.46. The van der Waals surface area contributed by atoms with Crippen molar-refractivity contribution in [3.05, 3.63) is 0 Å². The molecule has 0 unspecified atom stereocenters. The molecular formula is C6H11ClN2O. The van der Waals surface area contributed by atoms with Crippen LogP contribution in [0, 0.1) is 0 Å². The summed E-state index contributed by atoms with van der Waals surface area (Å²) in [6.45, 7) is 0.819. The molecule has 1 amide bonds. The molecule has 1 atom stereocenters. The van der Waals surface area contributed by atoms with E-state index in [9.17, 15) is 4.79 Å². The SMILES string of the molecule is CNC(=O)[C@@H]1CCCN1Cl. The maximum Gasteiger partial charge on any atom is 0.238 e. The normalized spacial score (nSPS) is 26.8. The van der Waals surface area contributed by atoms with Gasteiger partial charge < -0.3 is 5.32 Å². The molecule has 4 heteroatoms. The van der Waals surface area contributed by atoms with E-state index < -0.39 is 0 Å². The van der Waals surface area contributed by atoms with Crippen LogP contribution in [-0.4, -0.2) is 30.0 Å². The zero-order valence-electron chi connectivity index (χ0n) is 5.93. The number of likely N-dealkylation sites (N-methyl/N-ethyl adjacent to an activating group) is 1. The van der Waals surface area contributed by atoms with E-state index in [-0.39, 0.29) is 11.9 Å². The number of nitrogens with one attached hydrogen (secondary N) is 1. The molecule has 1 aliphatic heterocycles. The Morgan fingerprint density at radius 3 is 2.90 bits per heavy atom. The average molecular weight is 163 g/mol. The standard InChI is InChI=1S/C6H11ClN2O/c1-8-6(10)5-3-2-4-9(5)7/h5H,2-4H2,1H3,(H,8,10)/t5-/m0/s1. The van der Waals surface area contributed by atoms with Crippen molar-refractivity contribution >= 4 is 17.7 Å². The molecule has 0 spiro atoms. The van der Waals surface area contributed by atoms with Crippen molar-refractivity contribution in [2.45, 2.75) is 18.9 Å². The smallest absolute Gasteiger partial charge is 0.238 e. The second-order valence-corrected chi connectivity index (χ2v) is 2.83. The van der Waals surface area contributed by atoms with Gasteiger partial charge in [-0.2, -0.15) is 0 Å². The number of hydrogen-bond donors (Lipinski definition) is 1. The van der Waals surface area contributed by atoms with Crippen molar-refractivity contribution in [3.8, 4) is 0 Å². The number of halogens is 1. The Hall–Kier alpha value is -0.280. The largest absolute Gasteiger partial charge is 0.358 e. The van der Waals surface area contributed by atoms with E-state index in [2.05, 4.69) is 5.32 Å². The van der Waals surface area contributed by atoms with E-state index in [1.54, 1.807) is 11.5 Å². The molecule has 10 heavy (non-hydrogen) atoms. The summed E-state index contributed by atoms with van der Waals surface area (Å²) in [5.74, 6) is 0.0208. The molecule has 3 nitrogen and oxygen atoms in total. The summed E-state index contributed by atoms with van der Waals surface area (Å²) < 4.78 is 1.57. The molecule has 58 valence electrons. The molecule has 0 aromatic rings. The van der Waals surface area contributed by atoms with Crippen molar-refractivity contribution < 1.29 is 4.79 Å². The van der Waals surface area contributed by atoms with Gasteiger partial charge in [0.2, 0.25) is 5.91 Å². The summed E-state index contributed by atoms with van der Waals surface area (Å²) in [6, 6.07) is -0.105. The van der Waals surface area contributed by atoms with Crippen LogP contribution in [0.3, 0.4) is 0 Å². The van der Waals surface area contributed by atoms with Crippen molar-refractivity contribution in [2.24, 2.45) is 0 Å². The quantitative estimate of drug-likeness (QED) is 0.565. The highest BCUT2D eigenvalue weighted by atomic mass is 35.5. The van der Waals surface area contributed by atoms with Crippen LogP contribution in [0.2, 0.25) is 0 Å². The third-order valence-corrected chi connectivity index (χ3v) is 2.14. The number of rotatable bonds is 1. The number of nitrogens with zero attached hydrogens (tertiary/aromatic N) is 1. The second kappa shape index (κ2) is 3.21. The highest BCUT2D eigenvalue weighted by molar-refractivity contribution is 6.15. The number of hydrogen-bond acceptors (Lipinski definition) is 2. The van der Waals surface area contributed by atoms with Crippen molar-refractivity contribution in [3.63, 3.8) is 0 Å². The van der Waals surface area contributed by atoms with Crippen LogP contribution in [0.15, 0.2) is 0 Å². The van der Waals surface area contributed by atoms with Gasteiger partial charge in [-0.15, -0.1) is 0 Å². The van der Waals surface area contributed by atoms with Crippen LogP contribution < -0.4 is 5.32 Å². The molecule has 0 aliphatic carbocycles. The molecular weight excluding hydrogens is 152 g/mol. The lowest BCUT2D eigenvalue weighted by Gasteiger charge is -2.13. The van der Waals surface area contributed by atoms with Gasteiger partial charge in [-0.3, -0.25) is 4.79 Å². The Morgan fingerprint density at radius 1 is 1.80 bits per heavy atom. The highest BCUT2D eigenvalue weighted by Gasteiger charge is 2.28. The van der Waals surface area contributed by atoms with Gasteiger partial charge in [-0.1, -0.05) is 0 Å². The Labute approximate surface area is 65.4 Å². The maximum atomic E-state index is 11.0. The molecule has 0 radical (unpaired) electrons. The minimum absolute atomic E-state index is 0.0208. The predicted octanol–water partition coefficient (Wildman–Crippen LogP) is 0.351. The maximum absolute atomic E-state index is 11.0. The van der Waals surface area contributed by atoms with E-state index in [0.717, 1.165) is 19.4 Å². The van der Waals surface area contributed by atoms with Crippen LogP contribution in [-0.2, 0) is 4.79 Å². The van der Waals surface area contributed by atoms with E-state index in [1.807, 2.05) is 0 Å². The first-order valence-corrected chi connectivity index (χ1v) is 3.73. The monoisotopic (exact) mass is 162 g/mol. The van der Waals surface area contributed by atoms with Crippen molar-refractivity contribution in [1.29, 1.82) is 0 Å². The van der Waals surface area contributed by atoms with Gasteiger partial charge in [0.05, 0.1) is 0 Å². The van der Waals surface area contributed by atoms with Gasteiger partial charge >= 0.3 is 0 Å². The van der Waals surface area contributed by atoms with Gasteiger partial charge in [-0.25, -0.2) is 4.42 Å². The fourth-order valence-electron chi connectivity index (χ4n) is 1.16. The summed E-state index contributed by atoms with van der Waals surface area (Å²) in [6.07, 6.45) is 1.89. The molecule has 1 rings (SSSR count). The van der Waals surface area contributed by atoms with E-state index >= 15 is 0 Å². The lowest BCUT2D eigenvalue weighted by atomic mass is 10.2. The average Bonchev–Trinajstić information content (AvgIpc) is 2.34. The number of carbonyl (C=O) groups excluding carboxylic acids is 1. The van der Waals surface area contributed by atoms with Gasteiger partial charge in [0, 0.05) is 13.6 Å². The zero-order chi connectivity index (χ0) is 7.56.